The van der Waals surface area contributed by atoms with Crippen molar-refractivity contribution in [1.29, 1.82) is 0 Å². The van der Waals surface area contributed by atoms with Gasteiger partial charge in [-0.05, 0) is 39.9 Å². The third kappa shape index (κ3) is 3.42. The van der Waals surface area contributed by atoms with Crippen LogP contribution in [0.3, 0.4) is 0 Å². The van der Waals surface area contributed by atoms with Gasteiger partial charge in [-0.25, -0.2) is 0 Å². The van der Waals surface area contributed by atoms with Crippen molar-refractivity contribution in [3.05, 3.63) is 57.3 Å². The molecule has 0 radical (unpaired) electrons. The van der Waals surface area contributed by atoms with Gasteiger partial charge in [0.1, 0.15) is 0 Å². The molecule has 0 unspecified atom stereocenters. The highest BCUT2D eigenvalue weighted by Crippen LogP contribution is 2.14. The summed E-state index contributed by atoms with van der Waals surface area (Å²) in [5.41, 5.74) is 5.34. The Kier molecular flexibility index (Phi) is 4.93. The van der Waals surface area contributed by atoms with Crippen molar-refractivity contribution in [3.63, 3.8) is 0 Å². The fourth-order valence-corrected chi connectivity index (χ4v) is 2.78. The number of hydrogen-bond donors (Lipinski definition) is 1. The lowest BCUT2D eigenvalue weighted by Gasteiger charge is -2.10. The number of rotatable bonds is 6. The first-order valence-electron chi connectivity index (χ1n) is 6.09. The van der Waals surface area contributed by atoms with Gasteiger partial charge in [-0.2, -0.15) is 11.3 Å². The Morgan fingerprint density at radius 2 is 1.78 bits per heavy atom. The van der Waals surface area contributed by atoms with E-state index in [0.717, 1.165) is 13.1 Å². The Morgan fingerprint density at radius 3 is 2.44 bits per heavy atom. The molecular weight excluding hydrogens is 242 g/mol. The molecule has 96 valence electrons. The number of nitrogens with one attached hydrogen (secondary N) is 1. The number of aryl methyl sites for hydroxylation is 1. The summed E-state index contributed by atoms with van der Waals surface area (Å²) in [6, 6.07) is 8.41. The molecule has 1 aromatic heterocycles. The van der Waals surface area contributed by atoms with Crippen LogP contribution in [0.25, 0.3) is 0 Å². The first-order chi connectivity index (χ1) is 8.81. The lowest BCUT2D eigenvalue weighted by atomic mass is 10.1. The second-order valence-electron chi connectivity index (χ2n) is 4.39. The van der Waals surface area contributed by atoms with E-state index < -0.39 is 0 Å². The summed E-state index contributed by atoms with van der Waals surface area (Å²) >= 11 is 1.76. The number of hydrogen-bond acceptors (Lipinski definition) is 3. The molecule has 3 heteroatoms. The van der Waals surface area contributed by atoms with E-state index in [1.54, 1.807) is 18.4 Å². The fourth-order valence-electron chi connectivity index (χ4n) is 1.93. The molecule has 2 rings (SSSR count). The molecule has 2 aromatic rings. The summed E-state index contributed by atoms with van der Waals surface area (Å²) in [6.45, 7) is 4.65. The molecule has 2 nitrogen and oxygen atoms in total. The summed E-state index contributed by atoms with van der Waals surface area (Å²) in [5.74, 6) is 0. The zero-order chi connectivity index (χ0) is 12.8. The molecule has 0 amide bonds. The molecule has 0 fully saturated rings. The number of ether oxygens (including phenoxy) is 1. The van der Waals surface area contributed by atoms with Gasteiger partial charge in [0.05, 0.1) is 6.61 Å². The van der Waals surface area contributed by atoms with E-state index in [4.69, 9.17) is 4.74 Å². The number of methoxy groups -OCH3 is 1. The minimum atomic E-state index is 0.676. The van der Waals surface area contributed by atoms with Crippen molar-refractivity contribution in [2.45, 2.75) is 26.6 Å². The van der Waals surface area contributed by atoms with Gasteiger partial charge in [-0.1, -0.05) is 24.3 Å². The van der Waals surface area contributed by atoms with Crippen LogP contribution in [0.15, 0.2) is 35.0 Å². The van der Waals surface area contributed by atoms with Crippen LogP contribution in [0.4, 0.5) is 0 Å². The molecule has 1 heterocycles. The van der Waals surface area contributed by atoms with Crippen LogP contribution >= 0.6 is 11.3 Å². The molecule has 0 aliphatic rings. The van der Waals surface area contributed by atoms with Crippen LogP contribution in [0.5, 0.6) is 0 Å². The normalized spacial score (nSPS) is 10.8. The zero-order valence-electron chi connectivity index (χ0n) is 10.9. The van der Waals surface area contributed by atoms with E-state index in [-0.39, 0.29) is 0 Å². The molecule has 0 aliphatic heterocycles. The molecule has 1 aromatic carbocycles. The van der Waals surface area contributed by atoms with E-state index in [1.807, 2.05) is 0 Å². The Bertz CT molecular complexity index is 493. The van der Waals surface area contributed by atoms with Crippen LogP contribution in [0.1, 0.15) is 22.3 Å². The summed E-state index contributed by atoms with van der Waals surface area (Å²) in [5, 5.41) is 7.90. The summed E-state index contributed by atoms with van der Waals surface area (Å²) in [7, 11) is 1.74. The second kappa shape index (κ2) is 6.69. The molecule has 0 saturated heterocycles. The van der Waals surface area contributed by atoms with E-state index in [9.17, 15) is 0 Å². The van der Waals surface area contributed by atoms with E-state index in [1.165, 1.54) is 22.3 Å². The molecule has 0 spiro atoms. The lowest BCUT2D eigenvalue weighted by Crippen LogP contribution is -2.14. The zero-order valence-corrected chi connectivity index (χ0v) is 11.7. The van der Waals surface area contributed by atoms with Gasteiger partial charge < -0.3 is 10.1 Å². The standard InChI is InChI=1S/C15H19NOS/c1-12-10-18-11-15(12)8-16-7-13-5-3-4-6-14(13)9-17-2/h3-6,10-11,16H,7-9H2,1-2H3. The summed E-state index contributed by atoms with van der Waals surface area (Å²) < 4.78 is 5.21. The van der Waals surface area contributed by atoms with Crippen molar-refractivity contribution in [2.75, 3.05) is 7.11 Å². The van der Waals surface area contributed by atoms with Gasteiger partial charge >= 0.3 is 0 Å². The van der Waals surface area contributed by atoms with Gasteiger partial charge in [0.25, 0.3) is 0 Å². The van der Waals surface area contributed by atoms with Gasteiger partial charge in [0.2, 0.25) is 0 Å². The highest BCUT2D eigenvalue weighted by molar-refractivity contribution is 7.08. The monoisotopic (exact) mass is 261 g/mol. The van der Waals surface area contributed by atoms with Crippen LogP contribution in [-0.4, -0.2) is 7.11 Å². The number of benzene rings is 1. The first-order valence-corrected chi connectivity index (χ1v) is 7.03. The van der Waals surface area contributed by atoms with Crippen molar-refractivity contribution in [3.8, 4) is 0 Å². The minimum Gasteiger partial charge on any atom is -0.380 e. The Balaban J connectivity index is 1.92. The third-order valence-electron chi connectivity index (χ3n) is 3.01. The second-order valence-corrected chi connectivity index (χ2v) is 5.13. The maximum absolute atomic E-state index is 5.21. The van der Waals surface area contributed by atoms with Crippen molar-refractivity contribution in [2.24, 2.45) is 0 Å². The molecular formula is C15H19NOS. The van der Waals surface area contributed by atoms with Crippen molar-refractivity contribution >= 4 is 11.3 Å². The van der Waals surface area contributed by atoms with Gasteiger partial charge in [-0.15, -0.1) is 0 Å². The van der Waals surface area contributed by atoms with Crippen LogP contribution < -0.4 is 5.32 Å². The first kappa shape index (κ1) is 13.3. The Morgan fingerprint density at radius 1 is 1.06 bits per heavy atom. The molecule has 18 heavy (non-hydrogen) atoms. The van der Waals surface area contributed by atoms with Crippen molar-refractivity contribution < 1.29 is 4.74 Å². The van der Waals surface area contributed by atoms with Gasteiger partial charge in [0.15, 0.2) is 0 Å². The van der Waals surface area contributed by atoms with E-state index in [2.05, 4.69) is 47.3 Å². The number of thiophene rings is 1. The maximum atomic E-state index is 5.21. The lowest BCUT2D eigenvalue weighted by molar-refractivity contribution is 0.184. The van der Waals surface area contributed by atoms with Crippen molar-refractivity contribution in [1.82, 2.24) is 5.32 Å². The third-order valence-corrected chi connectivity index (χ3v) is 3.92. The molecule has 1 N–H and O–H groups in total. The maximum Gasteiger partial charge on any atom is 0.0716 e. The molecule has 0 atom stereocenters. The quantitative estimate of drug-likeness (QED) is 0.859. The van der Waals surface area contributed by atoms with E-state index >= 15 is 0 Å². The van der Waals surface area contributed by atoms with E-state index in [0.29, 0.717) is 6.61 Å². The van der Waals surface area contributed by atoms with Crippen LogP contribution in [-0.2, 0) is 24.4 Å². The fraction of sp³-hybridized carbons (Fsp3) is 0.333. The largest absolute Gasteiger partial charge is 0.380 e. The SMILES string of the molecule is COCc1ccccc1CNCc1cscc1C. The molecule has 0 saturated carbocycles. The van der Waals surface area contributed by atoms with Crippen LogP contribution in [0.2, 0.25) is 0 Å². The highest BCUT2D eigenvalue weighted by atomic mass is 32.1. The average Bonchev–Trinajstić information content (AvgIpc) is 2.78. The van der Waals surface area contributed by atoms with Gasteiger partial charge in [0, 0.05) is 20.2 Å². The predicted molar refractivity (Wildman–Crippen MR) is 76.8 cm³/mol. The molecule has 0 bridgehead atoms. The Hall–Kier alpha value is -1.16. The summed E-state index contributed by atoms with van der Waals surface area (Å²) in [4.78, 5) is 0. The average molecular weight is 261 g/mol. The highest BCUT2D eigenvalue weighted by Gasteiger charge is 2.02. The molecule has 0 aliphatic carbocycles. The Labute approximate surface area is 113 Å². The predicted octanol–water partition coefficient (Wildman–Crippen LogP) is 3.49. The topological polar surface area (TPSA) is 21.3 Å². The smallest absolute Gasteiger partial charge is 0.0716 e. The minimum absolute atomic E-state index is 0.676. The summed E-state index contributed by atoms with van der Waals surface area (Å²) in [6.07, 6.45) is 0. The van der Waals surface area contributed by atoms with Gasteiger partial charge in [-0.3, -0.25) is 0 Å². The van der Waals surface area contributed by atoms with Crippen LogP contribution in [0, 0.1) is 6.92 Å².